The van der Waals surface area contributed by atoms with E-state index in [2.05, 4.69) is 36.4 Å². The molecule has 0 saturated heterocycles. The van der Waals surface area contributed by atoms with Crippen LogP contribution in [-0.2, 0) is 20.0 Å². The summed E-state index contributed by atoms with van der Waals surface area (Å²) in [5, 5.41) is 7.91. The SMILES string of the molecule is Cn1nc2c(c1-c1ccccc1)CCN(C(=O)c1cccc3ccsc13)C2. The Morgan fingerprint density at radius 1 is 1.07 bits per heavy atom. The normalized spacial score (nSPS) is 13.7. The summed E-state index contributed by atoms with van der Waals surface area (Å²) in [4.78, 5) is 15.1. The van der Waals surface area contributed by atoms with Crippen molar-refractivity contribution in [2.75, 3.05) is 6.54 Å². The molecule has 134 valence electrons. The average Bonchev–Trinajstić information content (AvgIpc) is 3.30. The monoisotopic (exact) mass is 373 g/mol. The van der Waals surface area contributed by atoms with Crippen LogP contribution in [0.15, 0.2) is 60.0 Å². The van der Waals surface area contributed by atoms with Crippen molar-refractivity contribution in [3.05, 3.63) is 76.8 Å². The van der Waals surface area contributed by atoms with E-state index >= 15 is 0 Å². The van der Waals surface area contributed by atoms with Gasteiger partial charge in [0.25, 0.3) is 5.91 Å². The third-order valence-corrected chi connectivity index (χ3v) is 6.21. The Kier molecular flexibility index (Phi) is 3.83. The predicted molar refractivity (Wildman–Crippen MR) is 109 cm³/mol. The lowest BCUT2D eigenvalue weighted by atomic mass is 9.99. The Balaban J connectivity index is 1.49. The molecule has 1 aliphatic rings. The Morgan fingerprint density at radius 3 is 2.78 bits per heavy atom. The molecule has 0 atom stereocenters. The van der Waals surface area contributed by atoms with E-state index in [9.17, 15) is 4.79 Å². The van der Waals surface area contributed by atoms with Crippen molar-refractivity contribution in [2.45, 2.75) is 13.0 Å². The fourth-order valence-corrected chi connectivity index (χ4v) is 4.89. The van der Waals surface area contributed by atoms with Crippen molar-refractivity contribution < 1.29 is 4.79 Å². The van der Waals surface area contributed by atoms with Gasteiger partial charge in [-0.1, -0.05) is 42.5 Å². The number of rotatable bonds is 2. The molecule has 3 heterocycles. The first-order valence-corrected chi connectivity index (χ1v) is 9.96. The largest absolute Gasteiger partial charge is 0.332 e. The molecular formula is C22H19N3OS. The van der Waals surface area contributed by atoms with Gasteiger partial charge in [0.05, 0.1) is 23.5 Å². The molecule has 1 amide bonds. The Bertz CT molecular complexity index is 1140. The van der Waals surface area contributed by atoms with Crippen LogP contribution in [0.3, 0.4) is 0 Å². The quantitative estimate of drug-likeness (QED) is 0.519. The van der Waals surface area contributed by atoms with Gasteiger partial charge in [-0.15, -0.1) is 11.3 Å². The number of benzene rings is 2. The van der Waals surface area contributed by atoms with Gasteiger partial charge in [-0.25, -0.2) is 0 Å². The molecule has 0 saturated carbocycles. The van der Waals surface area contributed by atoms with Gasteiger partial charge in [-0.3, -0.25) is 9.48 Å². The maximum Gasteiger partial charge on any atom is 0.255 e. The van der Waals surface area contributed by atoms with Crippen LogP contribution in [0.5, 0.6) is 0 Å². The minimum atomic E-state index is 0.0978. The fourth-order valence-electron chi connectivity index (χ4n) is 3.98. The third-order valence-electron chi connectivity index (χ3n) is 5.24. The summed E-state index contributed by atoms with van der Waals surface area (Å²) in [7, 11) is 1.99. The van der Waals surface area contributed by atoms with Crippen molar-refractivity contribution in [1.82, 2.24) is 14.7 Å². The molecule has 0 aliphatic carbocycles. The van der Waals surface area contributed by atoms with Gasteiger partial charge in [0.2, 0.25) is 0 Å². The molecule has 4 nitrogen and oxygen atoms in total. The van der Waals surface area contributed by atoms with Crippen LogP contribution < -0.4 is 0 Å². The summed E-state index contributed by atoms with van der Waals surface area (Å²) in [6.45, 7) is 1.29. The molecule has 5 rings (SSSR count). The minimum Gasteiger partial charge on any atom is -0.332 e. The molecule has 0 fully saturated rings. The molecular weight excluding hydrogens is 354 g/mol. The highest BCUT2D eigenvalue weighted by atomic mass is 32.1. The highest BCUT2D eigenvalue weighted by Gasteiger charge is 2.28. The van der Waals surface area contributed by atoms with Gasteiger partial charge < -0.3 is 4.90 Å². The number of fused-ring (bicyclic) bond motifs is 2. The van der Waals surface area contributed by atoms with Crippen molar-refractivity contribution in [3.63, 3.8) is 0 Å². The third kappa shape index (κ3) is 2.66. The van der Waals surface area contributed by atoms with Crippen molar-refractivity contribution in [1.29, 1.82) is 0 Å². The zero-order valence-corrected chi connectivity index (χ0v) is 15.9. The van der Waals surface area contributed by atoms with E-state index in [1.807, 2.05) is 40.2 Å². The number of hydrogen-bond acceptors (Lipinski definition) is 3. The van der Waals surface area contributed by atoms with Crippen LogP contribution in [0, 0.1) is 0 Å². The Morgan fingerprint density at radius 2 is 1.93 bits per heavy atom. The van der Waals surface area contributed by atoms with E-state index in [1.165, 1.54) is 11.1 Å². The molecule has 0 radical (unpaired) electrons. The number of carbonyl (C=O) groups excluding carboxylic acids is 1. The summed E-state index contributed by atoms with van der Waals surface area (Å²) in [6.07, 6.45) is 0.833. The van der Waals surface area contributed by atoms with Crippen LogP contribution in [0.4, 0.5) is 0 Å². The number of hydrogen-bond donors (Lipinski definition) is 0. The van der Waals surface area contributed by atoms with Crippen molar-refractivity contribution in [3.8, 4) is 11.3 Å². The van der Waals surface area contributed by atoms with Gasteiger partial charge in [-0.2, -0.15) is 5.10 Å². The van der Waals surface area contributed by atoms with Crippen LogP contribution in [0.1, 0.15) is 21.6 Å². The maximum absolute atomic E-state index is 13.2. The van der Waals surface area contributed by atoms with Crippen LogP contribution in [-0.4, -0.2) is 27.1 Å². The van der Waals surface area contributed by atoms with E-state index < -0.39 is 0 Å². The van der Waals surface area contributed by atoms with Gasteiger partial charge >= 0.3 is 0 Å². The zero-order chi connectivity index (χ0) is 18.4. The first-order valence-electron chi connectivity index (χ1n) is 9.08. The number of amides is 1. The maximum atomic E-state index is 13.2. The smallest absolute Gasteiger partial charge is 0.255 e. The van der Waals surface area contributed by atoms with E-state index in [1.54, 1.807) is 11.3 Å². The van der Waals surface area contributed by atoms with Crippen LogP contribution >= 0.6 is 11.3 Å². The van der Waals surface area contributed by atoms with E-state index in [4.69, 9.17) is 5.10 Å². The van der Waals surface area contributed by atoms with Gasteiger partial charge in [0.15, 0.2) is 0 Å². The number of nitrogens with zero attached hydrogens (tertiary/aromatic N) is 3. The standard InChI is InChI=1S/C22H19N3OS/c1-24-20(15-6-3-2-4-7-15)17-10-12-25(14-19(17)23-24)22(26)18-9-5-8-16-11-13-27-21(16)18/h2-9,11,13H,10,12,14H2,1H3. The van der Waals surface area contributed by atoms with E-state index in [-0.39, 0.29) is 5.91 Å². The van der Waals surface area contributed by atoms with E-state index in [0.29, 0.717) is 6.54 Å². The summed E-state index contributed by atoms with van der Waals surface area (Å²) >= 11 is 1.63. The number of thiophene rings is 1. The predicted octanol–water partition coefficient (Wildman–Crippen LogP) is 4.50. The summed E-state index contributed by atoms with van der Waals surface area (Å²) in [5.41, 5.74) is 5.41. The van der Waals surface area contributed by atoms with Crippen LogP contribution in [0.2, 0.25) is 0 Å². The second-order valence-corrected chi connectivity index (χ2v) is 7.80. The summed E-state index contributed by atoms with van der Waals surface area (Å²) in [6, 6.07) is 18.4. The molecule has 27 heavy (non-hydrogen) atoms. The molecule has 4 aromatic rings. The fraction of sp³-hybridized carbons (Fsp3) is 0.182. The lowest BCUT2D eigenvalue weighted by molar-refractivity contribution is 0.0734. The second-order valence-electron chi connectivity index (χ2n) is 6.88. The second kappa shape index (κ2) is 6.35. The molecule has 2 aromatic carbocycles. The molecule has 5 heteroatoms. The molecule has 2 aromatic heterocycles. The number of aromatic nitrogens is 2. The number of aryl methyl sites for hydroxylation is 1. The first kappa shape index (κ1) is 16.3. The molecule has 0 bridgehead atoms. The highest BCUT2D eigenvalue weighted by Crippen LogP contribution is 2.31. The lowest BCUT2D eigenvalue weighted by Gasteiger charge is -2.27. The lowest BCUT2D eigenvalue weighted by Crippen LogP contribution is -2.36. The van der Waals surface area contributed by atoms with Gasteiger partial charge in [0.1, 0.15) is 0 Å². The summed E-state index contributed by atoms with van der Waals surface area (Å²) < 4.78 is 3.02. The first-order chi connectivity index (χ1) is 13.2. The average molecular weight is 373 g/mol. The minimum absolute atomic E-state index is 0.0978. The number of carbonyl (C=O) groups is 1. The highest BCUT2D eigenvalue weighted by molar-refractivity contribution is 7.17. The molecule has 0 N–H and O–H groups in total. The van der Waals surface area contributed by atoms with E-state index in [0.717, 1.165) is 40.0 Å². The molecule has 0 spiro atoms. The molecule has 1 aliphatic heterocycles. The van der Waals surface area contributed by atoms with Crippen molar-refractivity contribution in [2.24, 2.45) is 7.05 Å². The van der Waals surface area contributed by atoms with Gasteiger partial charge in [0, 0.05) is 29.4 Å². The molecule has 0 unspecified atom stereocenters. The van der Waals surface area contributed by atoms with Crippen LogP contribution in [0.25, 0.3) is 21.3 Å². The van der Waals surface area contributed by atoms with Crippen molar-refractivity contribution >= 4 is 27.3 Å². The summed E-state index contributed by atoms with van der Waals surface area (Å²) in [5.74, 6) is 0.0978. The zero-order valence-electron chi connectivity index (χ0n) is 15.1. The van der Waals surface area contributed by atoms with Gasteiger partial charge in [-0.05, 0) is 29.3 Å². The Labute approximate surface area is 161 Å². The topological polar surface area (TPSA) is 38.1 Å². The Hall–Kier alpha value is -2.92.